The fraction of sp³-hybridized carbons (Fsp3) is 0.368. The Hall–Kier alpha value is -1.69. The Balaban J connectivity index is 1.63. The zero-order chi connectivity index (χ0) is 17.2. The molecule has 1 aliphatic heterocycles. The molecule has 1 heterocycles. The molecule has 24 heavy (non-hydrogen) atoms. The van der Waals surface area contributed by atoms with Gasteiger partial charge >= 0.3 is 0 Å². The number of nitrogens with one attached hydrogen (secondary N) is 1. The third-order valence-electron chi connectivity index (χ3n) is 4.63. The molecule has 0 radical (unpaired) electrons. The van der Waals surface area contributed by atoms with Crippen LogP contribution in [0.1, 0.15) is 23.1 Å². The van der Waals surface area contributed by atoms with Gasteiger partial charge in [-0.3, -0.25) is 4.90 Å². The normalized spacial score (nSPS) is 18.8. The second kappa shape index (κ2) is 7.05. The van der Waals surface area contributed by atoms with E-state index in [1.54, 1.807) is 12.1 Å². The fourth-order valence-electron chi connectivity index (χ4n) is 3.08. The molecule has 1 unspecified atom stereocenters. The van der Waals surface area contributed by atoms with Crippen molar-refractivity contribution in [2.24, 2.45) is 0 Å². The molecule has 0 amide bonds. The van der Waals surface area contributed by atoms with Gasteiger partial charge in [0.25, 0.3) is 0 Å². The van der Waals surface area contributed by atoms with Crippen molar-refractivity contribution in [3.8, 4) is 0 Å². The first-order valence-corrected chi connectivity index (χ1v) is 9.78. The lowest BCUT2D eigenvalue weighted by molar-refractivity contribution is 0.324. The summed E-state index contributed by atoms with van der Waals surface area (Å²) in [6.45, 7) is 6.44. The Bertz CT molecular complexity index is 803. The van der Waals surface area contributed by atoms with E-state index in [9.17, 15) is 8.42 Å². The zero-order valence-electron chi connectivity index (χ0n) is 14.2. The molecule has 2 aromatic carbocycles. The molecule has 0 aliphatic carbocycles. The van der Waals surface area contributed by atoms with Gasteiger partial charge < -0.3 is 0 Å². The molecular formula is C19H24N2O2S. The quantitative estimate of drug-likeness (QED) is 0.907. The lowest BCUT2D eigenvalue weighted by Gasteiger charge is -2.17. The smallest absolute Gasteiger partial charge is 0.240 e. The lowest BCUT2D eigenvalue weighted by atomic mass is 10.1. The predicted molar refractivity (Wildman–Crippen MR) is 96.4 cm³/mol. The molecule has 2 aromatic rings. The summed E-state index contributed by atoms with van der Waals surface area (Å²) in [4.78, 5) is 2.65. The Morgan fingerprint density at radius 3 is 2.54 bits per heavy atom. The van der Waals surface area contributed by atoms with Crippen LogP contribution in [0.4, 0.5) is 0 Å². The molecule has 1 N–H and O–H groups in total. The molecule has 5 heteroatoms. The highest BCUT2D eigenvalue weighted by atomic mass is 32.2. The number of sulfonamides is 1. The first-order valence-electron chi connectivity index (χ1n) is 8.30. The third kappa shape index (κ3) is 4.04. The molecule has 0 bridgehead atoms. The molecular weight excluding hydrogens is 320 g/mol. The van der Waals surface area contributed by atoms with Crippen molar-refractivity contribution < 1.29 is 8.42 Å². The maximum atomic E-state index is 12.6. The van der Waals surface area contributed by atoms with Crippen LogP contribution in [-0.4, -0.2) is 32.4 Å². The average molecular weight is 344 g/mol. The van der Waals surface area contributed by atoms with E-state index in [0.29, 0.717) is 4.90 Å². The molecule has 3 rings (SSSR count). The Kier molecular flexibility index (Phi) is 5.04. The van der Waals surface area contributed by atoms with Crippen LogP contribution in [-0.2, 0) is 16.6 Å². The summed E-state index contributed by atoms with van der Waals surface area (Å²) in [7, 11) is -3.46. The van der Waals surface area contributed by atoms with Gasteiger partial charge in [0.15, 0.2) is 0 Å². The van der Waals surface area contributed by atoms with Gasteiger partial charge in [-0.05, 0) is 49.1 Å². The van der Waals surface area contributed by atoms with Crippen LogP contribution in [0, 0.1) is 13.8 Å². The van der Waals surface area contributed by atoms with Gasteiger partial charge in [-0.2, -0.15) is 0 Å². The van der Waals surface area contributed by atoms with E-state index in [-0.39, 0.29) is 6.04 Å². The molecule has 0 spiro atoms. The van der Waals surface area contributed by atoms with Crippen LogP contribution in [0.25, 0.3) is 0 Å². The highest BCUT2D eigenvalue weighted by Crippen LogP contribution is 2.18. The molecule has 0 saturated carbocycles. The largest absolute Gasteiger partial charge is 0.297 e. The van der Waals surface area contributed by atoms with Crippen LogP contribution in [0.3, 0.4) is 0 Å². The molecule has 128 valence electrons. The van der Waals surface area contributed by atoms with Crippen molar-refractivity contribution in [2.45, 2.75) is 37.8 Å². The van der Waals surface area contributed by atoms with Crippen molar-refractivity contribution in [3.63, 3.8) is 0 Å². The summed E-state index contributed by atoms with van der Waals surface area (Å²) in [5, 5.41) is 0. The fourth-order valence-corrected chi connectivity index (χ4v) is 4.43. The molecule has 1 aliphatic rings. The van der Waals surface area contributed by atoms with Crippen LogP contribution in [0.5, 0.6) is 0 Å². The topological polar surface area (TPSA) is 49.4 Å². The van der Waals surface area contributed by atoms with Gasteiger partial charge in [-0.15, -0.1) is 0 Å². The van der Waals surface area contributed by atoms with Crippen molar-refractivity contribution in [1.29, 1.82) is 0 Å². The number of benzene rings is 2. The molecule has 1 atom stereocenters. The maximum Gasteiger partial charge on any atom is 0.240 e. The van der Waals surface area contributed by atoms with E-state index in [2.05, 4.69) is 21.8 Å². The van der Waals surface area contributed by atoms with Crippen molar-refractivity contribution in [3.05, 3.63) is 65.2 Å². The lowest BCUT2D eigenvalue weighted by Crippen LogP contribution is -2.37. The summed E-state index contributed by atoms with van der Waals surface area (Å²) in [6.07, 6.45) is 0.844. The summed E-state index contributed by atoms with van der Waals surface area (Å²) in [5.74, 6) is 0. The second-order valence-corrected chi connectivity index (χ2v) is 8.29. The number of rotatable bonds is 5. The Morgan fingerprint density at radius 1 is 1.08 bits per heavy atom. The minimum absolute atomic E-state index is 0.0275. The van der Waals surface area contributed by atoms with Crippen molar-refractivity contribution >= 4 is 10.0 Å². The number of aryl methyl sites for hydroxylation is 2. The van der Waals surface area contributed by atoms with Gasteiger partial charge in [-0.1, -0.05) is 36.4 Å². The number of nitrogens with zero attached hydrogens (tertiary/aromatic N) is 1. The van der Waals surface area contributed by atoms with E-state index < -0.39 is 10.0 Å². The molecule has 1 saturated heterocycles. The van der Waals surface area contributed by atoms with Crippen LogP contribution < -0.4 is 4.72 Å². The number of likely N-dealkylation sites (tertiary alicyclic amines) is 1. The number of hydrogen-bond donors (Lipinski definition) is 1. The standard InChI is InChI=1S/C19H24N2O2S/c1-15-8-9-19(12-16(15)2)24(22,23)20-18-10-11-21(14-18)13-17-6-4-3-5-7-17/h3-9,12,18,20H,10-11,13-14H2,1-2H3. The zero-order valence-corrected chi connectivity index (χ0v) is 15.0. The van der Waals surface area contributed by atoms with Crippen molar-refractivity contribution in [1.82, 2.24) is 9.62 Å². The second-order valence-electron chi connectivity index (χ2n) is 6.57. The molecule has 4 nitrogen and oxygen atoms in total. The van der Waals surface area contributed by atoms with Gasteiger partial charge in [0.1, 0.15) is 0 Å². The summed E-state index contributed by atoms with van der Waals surface area (Å²) in [5.41, 5.74) is 3.36. The van der Waals surface area contributed by atoms with Crippen molar-refractivity contribution in [2.75, 3.05) is 13.1 Å². The van der Waals surface area contributed by atoms with Crippen LogP contribution >= 0.6 is 0 Å². The first kappa shape index (κ1) is 17.1. The van der Waals surface area contributed by atoms with E-state index >= 15 is 0 Å². The first-order chi connectivity index (χ1) is 11.4. The average Bonchev–Trinajstić information content (AvgIpc) is 2.97. The minimum Gasteiger partial charge on any atom is -0.297 e. The summed E-state index contributed by atoms with van der Waals surface area (Å²) in [6, 6.07) is 15.5. The SMILES string of the molecule is Cc1ccc(S(=O)(=O)NC2CCN(Cc3ccccc3)C2)cc1C. The van der Waals surface area contributed by atoms with E-state index in [0.717, 1.165) is 37.2 Å². The van der Waals surface area contributed by atoms with E-state index in [4.69, 9.17) is 0 Å². The van der Waals surface area contributed by atoms with Crippen LogP contribution in [0.15, 0.2) is 53.4 Å². The van der Waals surface area contributed by atoms with Crippen LogP contribution in [0.2, 0.25) is 0 Å². The Labute approximate surface area is 144 Å². The highest BCUT2D eigenvalue weighted by Gasteiger charge is 2.27. The van der Waals surface area contributed by atoms with Gasteiger partial charge in [0.2, 0.25) is 10.0 Å². The molecule has 0 aromatic heterocycles. The van der Waals surface area contributed by atoms with Gasteiger partial charge in [0, 0.05) is 25.7 Å². The number of hydrogen-bond acceptors (Lipinski definition) is 3. The third-order valence-corrected chi connectivity index (χ3v) is 6.15. The van der Waals surface area contributed by atoms with Gasteiger partial charge in [0.05, 0.1) is 4.90 Å². The maximum absolute atomic E-state index is 12.6. The monoisotopic (exact) mass is 344 g/mol. The van der Waals surface area contributed by atoms with E-state index in [1.807, 2.05) is 38.1 Å². The molecule has 1 fully saturated rings. The van der Waals surface area contributed by atoms with Gasteiger partial charge in [-0.25, -0.2) is 13.1 Å². The highest BCUT2D eigenvalue weighted by molar-refractivity contribution is 7.89. The predicted octanol–water partition coefficient (Wildman–Crippen LogP) is 2.86. The summed E-state index contributed by atoms with van der Waals surface area (Å²) >= 11 is 0. The summed E-state index contributed by atoms with van der Waals surface area (Å²) < 4.78 is 28.0. The minimum atomic E-state index is -3.46. The Morgan fingerprint density at radius 2 is 1.83 bits per heavy atom. The van der Waals surface area contributed by atoms with E-state index in [1.165, 1.54) is 5.56 Å².